The van der Waals surface area contributed by atoms with E-state index in [1.165, 1.54) is 4.90 Å². The SMILES string of the molecule is CCOc1ccc(/C(O)=C2\C(=O)C(=O)N(CCCn3ccnc3)C2c2ccc(OCCC(C)C)c(OCC)c2)cc1. The summed E-state index contributed by atoms with van der Waals surface area (Å²) in [5, 5.41) is 11.4. The summed E-state index contributed by atoms with van der Waals surface area (Å²) < 4.78 is 19.4. The Bertz CT molecular complexity index is 1350. The average Bonchev–Trinajstić information content (AvgIpc) is 3.56. The van der Waals surface area contributed by atoms with Crippen molar-refractivity contribution in [2.75, 3.05) is 26.4 Å². The topological polar surface area (TPSA) is 103 Å². The number of aromatic nitrogens is 2. The molecule has 1 saturated heterocycles. The standard InChI is InChI=1S/C32H39N3O6/c1-5-39-25-11-8-23(9-12-25)30(36)28-29(35(32(38)31(28)37)17-7-16-34-18-15-33-21-34)24-10-13-26(27(20-24)40-6-2)41-19-14-22(3)4/h8-13,15,18,20-22,29,36H,5-7,14,16-17,19H2,1-4H3/b30-28+. The fraction of sp³-hybridized carbons (Fsp3) is 0.406. The van der Waals surface area contributed by atoms with Gasteiger partial charge in [-0.15, -0.1) is 0 Å². The lowest BCUT2D eigenvalue weighted by Crippen LogP contribution is -2.31. The molecule has 0 bridgehead atoms. The lowest BCUT2D eigenvalue weighted by molar-refractivity contribution is -0.139. The summed E-state index contributed by atoms with van der Waals surface area (Å²) in [6.45, 7) is 10.5. The van der Waals surface area contributed by atoms with E-state index in [2.05, 4.69) is 18.8 Å². The number of rotatable bonds is 14. The maximum Gasteiger partial charge on any atom is 0.295 e. The van der Waals surface area contributed by atoms with Gasteiger partial charge in [-0.05, 0) is 74.6 Å². The Labute approximate surface area is 241 Å². The third-order valence-corrected chi connectivity index (χ3v) is 6.89. The van der Waals surface area contributed by atoms with E-state index < -0.39 is 17.7 Å². The smallest absolute Gasteiger partial charge is 0.295 e. The van der Waals surface area contributed by atoms with E-state index in [1.54, 1.807) is 42.9 Å². The number of hydrogen-bond acceptors (Lipinski definition) is 7. The molecule has 0 aliphatic carbocycles. The number of imidazole rings is 1. The van der Waals surface area contributed by atoms with Crippen LogP contribution in [0.25, 0.3) is 5.76 Å². The number of Topliss-reactive ketones (excluding diaryl/α,β-unsaturated/α-hetero) is 1. The molecule has 1 amide bonds. The van der Waals surface area contributed by atoms with Gasteiger partial charge in [-0.25, -0.2) is 4.98 Å². The number of ether oxygens (including phenoxy) is 3. The van der Waals surface area contributed by atoms with Crippen molar-refractivity contribution in [2.45, 2.75) is 53.1 Å². The van der Waals surface area contributed by atoms with Crippen LogP contribution in [0.4, 0.5) is 0 Å². The molecule has 0 radical (unpaired) electrons. The van der Waals surface area contributed by atoms with Crippen molar-refractivity contribution in [1.29, 1.82) is 0 Å². The third kappa shape index (κ3) is 7.09. The van der Waals surface area contributed by atoms with Crippen LogP contribution in [0.3, 0.4) is 0 Å². The van der Waals surface area contributed by atoms with Crippen molar-refractivity contribution >= 4 is 17.4 Å². The summed E-state index contributed by atoms with van der Waals surface area (Å²) in [6.07, 6.45) is 6.75. The summed E-state index contributed by atoms with van der Waals surface area (Å²) >= 11 is 0. The number of aliphatic hydroxyl groups excluding tert-OH is 1. The Morgan fingerprint density at radius 2 is 1.73 bits per heavy atom. The Morgan fingerprint density at radius 3 is 2.39 bits per heavy atom. The molecule has 1 aliphatic heterocycles. The number of carbonyl (C=O) groups is 2. The van der Waals surface area contributed by atoms with Gasteiger partial charge in [0.15, 0.2) is 11.5 Å². The number of hydrogen-bond donors (Lipinski definition) is 1. The molecule has 1 aliphatic rings. The fourth-order valence-corrected chi connectivity index (χ4v) is 4.82. The zero-order chi connectivity index (χ0) is 29.4. The summed E-state index contributed by atoms with van der Waals surface area (Å²) in [5.41, 5.74) is 1.12. The van der Waals surface area contributed by atoms with Crippen LogP contribution >= 0.6 is 0 Å². The molecule has 0 saturated carbocycles. The first kappa shape index (κ1) is 29.7. The second-order valence-corrected chi connectivity index (χ2v) is 10.3. The van der Waals surface area contributed by atoms with Gasteiger partial charge in [0, 0.05) is 31.0 Å². The van der Waals surface area contributed by atoms with Crippen molar-refractivity contribution in [2.24, 2.45) is 5.92 Å². The van der Waals surface area contributed by atoms with Crippen molar-refractivity contribution in [3.05, 3.63) is 77.9 Å². The maximum atomic E-state index is 13.5. The van der Waals surface area contributed by atoms with Crippen molar-refractivity contribution in [3.8, 4) is 17.2 Å². The van der Waals surface area contributed by atoms with Crippen LogP contribution in [0.2, 0.25) is 0 Å². The van der Waals surface area contributed by atoms with E-state index in [-0.39, 0.29) is 11.3 Å². The molecule has 1 atom stereocenters. The Morgan fingerprint density at radius 1 is 0.976 bits per heavy atom. The molecule has 2 aromatic carbocycles. The van der Waals surface area contributed by atoms with Crippen LogP contribution < -0.4 is 14.2 Å². The number of ketones is 1. The normalized spacial score (nSPS) is 16.4. The first-order valence-corrected chi connectivity index (χ1v) is 14.2. The van der Waals surface area contributed by atoms with E-state index in [1.807, 2.05) is 36.7 Å². The highest BCUT2D eigenvalue weighted by atomic mass is 16.5. The molecule has 41 heavy (non-hydrogen) atoms. The zero-order valence-electron chi connectivity index (χ0n) is 24.2. The van der Waals surface area contributed by atoms with Gasteiger partial charge in [-0.2, -0.15) is 0 Å². The molecule has 1 N–H and O–H groups in total. The van der Waals surface area contributed by atoms with Crippen LogP contribution in [-0.2, 0) is 16.1 Å². The van der Waals surface area contributed by atoms with Crippen LogP contribution in [0, 0.1) is 5.92 Å². The summed E-state index contributed by atoms with van der Waals surface area (Å²) in [7, 11) is 0. The van der Waals surface area contributed by atoms with Gasteiger partial charge in [0.05, 0.1) is 37.8 Å². The third-order valence-electron chi connectivity index (χ3n) is 6.89. The maximum absolute atomic E-state index is 13.5. The summed E-state index contributed by atoms with van der Waals surface area (Å²) in [5.74, 6) is 0.661. The molecule has 4 rings (SSSR count). The Kier molecular flexibility index (Phi) is 10.1. The number of benzene rings is 2. The number of nitrogens with zero attached hydrogens (tertiary/aromatic N) is 3. The van der Waals surface area contributed by atoms with E-state index in [4.69, 9.17) is 14.2 Å². The molecule has 0 spiro atoms. The van der Waals surface area contributed by atoms with Crippen LogP contribution in [0.1, 0.15) is 57.7 Å². The predicted octanol–water partition coefficient (Wildman–Crippen LogP) is 5.62. The lowest BCUT2D eigenvalue weighted by atomic mass is 9.95. The highest BCUT2D eigenvalue weighted by Gasteiger charge is 2.46. The highest BCUT2D eigenvalue weighted by molar-refractivity contribution is 6.46. The largest absolute Gasteiger partial charge is 0.507 e. The second-order valence-electron chi connectivity index (χ2n) is 10.3. The molecule has 1 fully saturated rings. The van der Waals surface area contributed by atoms with Crippen LogP contribution in [0.5, 0.6) is 17.2 Å². The van der Waals surface area contributed by atoms with E-state index >= 15 is 0 Å². The van der Waals surface area contributed by atoms with Crippen molar-refractivity contribution in [1.82, 2.24) is 14.5 Å². The monoisotopic (exact) mass is 561 g/mol. The zero-order valence-corrected chi connectivity index (χ0v) is 24.2. The first-order chi connectivity index (χ1) is 19.8. The summed E-state index contributed by atoms with van der Waals surface area (Å²) in [6, 6.07) is 11.5. The molecule has 1 aromatic heterocycles. The van der Waals surface area contributed by atoms with E-state index in [9.17, 15) is 14.7 Å². The number of aryl methyl sites for hydroxylation is 1. The molecule has 3 aromatic rings. The number of likely N-dealkylation sites (tertiary alicyclic amines) is 1. The Balaban J connectivity index is 1.73. The van der Waals surface area contributed by atoms with E-state index in [0.29, 0.717) is 73.6 Å². The molecule has 9 heteroatoms. The minimum Gasteiger partial charge on any atom is -0.507 e. The first-order valence-electron chi connectivity index (χ1n) is 14.2. The van der Waals surface area contributed by atoms with Crippen molar-refractivity contribution in [3.63, 3.8) is 0 Å². The number of aliphatic hydroxyl groups is 1. The van der Waals surface area contributed by atoms with Crippen LogP contribution in [0.15, 0.2) is 66.8 Å². The van der Waals surface area contributed by atoms with Gasteiger partial charge in [0.2, 0.25) is 0 Å². The minimum atomic E-state index is -0.798. The van der Waals surface area contributed by atoms with Gasteiger partial charge >= 0.3 is 0 Å². The lowest BCUT2D eigenvalue weighted by Gasteiger charge is -2.26. The fourth-order valence-electron chi connectivity index (χ4n) is 4.82. The molecule has 1 unspecified atom stereocenters. The van der Waals surface area contributed by atoms with Gasteiger partial charge in [0.1, 0.15) is 11.5 Å². The molecule has 2 heterocycles. The predicted molar refractivity (Wildman–Crippen MR) is 156 cm³/mol. The molecular weight excluding hydrogens is 522 g/mol. The van der Waals surface area contributed by atoms with Gasteiger partial charge in [-0.3, -0.25) is 9.59 Å². The summed E-state index contributed by atoms with van der Waals surface area (Å²) in [4.78, 5) is 32.4. The molecule has 9 nitrogen and oxygen atoms in total. The highest BCUT2D eigenvalue weighted by Crippen LogP contribution is 2.42. The minimum absolute atomic E-state index is 0.0396. The van der Waals surface area contributed by atoms with E-state index in [0.717, 1.165) is 6.42 Å². The number of amides is 1. The quantitative estimate of drug-likeness (QED) is 0.155. The van der Waals surface area contributed by atoms with Gasteiger partial charge in [-0.1, -0.05) is 19.9 Å². The number of carbonyl (C=O) groups excluding carboxylic acids is 2. The second kappa shape index (κ2) is 13.9. The Hall–Kier alpha value is -4.27. The van der Waals surface area contributed by atoms with Crippen molar-refractivity contribution < 1.29 is 28.9 Å². The van der Waals surface area contributed by atoms with Gasteiger partial charge < -0.3 is 28.8 Å². The van der Waals surface area contributed by atoms with Crippen LogP contribution in [-0.4, -0.2) is 57.6 Å². The van der Waals surface area contributed by atoms with Gasteiger partial charge in [0.25, 0.3) is 11.7 Å². The molecule has 218 valence electrons. The molecular formula is C32H39N3O6. The average molecular weight is 562 g/mol.